The zero-order valence-electron chi connectivity index (χ0n) is 10.8. The summed E-state index contributed by atoms with van der Waals surface area (Å²) in [7, 11) is -2.89. The lowest BCUT2D eigenvalue weighted by Gasteiger charge is -2.14. The zero-order chi connectivity index (χ0) is 13.6. The molecule has 1 N–H and O–H groups in total. The molecule has 0 aliphatic heterocycles. The molecule has 0 saturated heterocycles. The largest absolute Gasteiger partial charge is 0.309 e. The molecule has 0 saturated carbocycles. The second kappa shape index (κ2) is 7.26. The minimum Gasteiger partial charge on any atom is -0.309 e. The van der Waals surface area contributed by atoms with E-state index in [2.05, 4.69) is 21.2 Å². The lowest BCUT2D eigenvalue weighted by Crippen LogP contribution is -2.26. The van der Waals surface area contributed by atoms with E-state index >= 15 is 0 Å². The Morgan fingerprint density at radius 1 is 1.22 bits per heavy atom. The van der Waals surface area contributed by atoms with Gasteiger partial charge in [0.2, 0.25) is 0 Å². The molecule has 18 heavy (non-hydrogen) atoms. The molecular formula is C13H20BrNO2S. The van der Waals surface area contributed by atoms with Gasteiger partial charge < -0.3 is 5.32 Å². The van der Waals surface area contributed by atoms with Crippen LogP contribution in [0.3, 0.4) is 0 Å². The third-order valence-corrected chi connectivity index (χ3v) is 5.13. The number of benzene rings is 1. The second-order valence-corrected chi connectivity index (χ2v) is 7.60. The molecule has 3 nitrogen and oxygen atoms in total. The van der Waals surface area contributed by atoms with Crippen molar-refractivity contribution in [3.8, 4) is 0 Å². The highest BCUT2D eigenvalue weighted by Crippen LogP contribution is 2.16. The monoisotopic (exact) mass is 333 g/mol. The molecule has 1 atom stereocenters. The molecule has 0 radical (unpaired) electrons. The molecule has 102 valence electrons. The van der Waals surface area contributed by atoms with Gasteiger partial charge in [-0.3, -0.25) is 0 Å². The summed E-state index contributed by atoms with van der Waals surface area (Å²) in [5, 5.41) is 3.24. The van der Waals surface area contributed by atoms with E-state index in [-0.39, 0.29) is 17.5 Å². The summed E-state index contributed by atoms with van der Waals surface area (Å²) >= 11 is 3.39. The van der Waals surface area contributed by atoms with Crippen LogP contribution in [-0.2, 0) is 9.84 Å². The van der Waals surface area contributed by atoms with Crippen LogP contribution in [0.5, 0.6) is 0 Å². The van der Waals surface area contributed by atoms with E-state index in [0.29, 0.717) is 13.0 Å². The van der Waals surface area contributed by atoms with Crippen molar-refractivity contribution in [1.29, 1.82) is 0 Å². The Hall–Kier alpha value is -0.390. The van der Waals surface area contributed by atoms with Crippen molar-refractivity contribution in [3.05, 3.63) is 34.3 Å². The van der Waals surface area contributed by atoms with E-state index in [1.165, 1.54) is 0 Å². The minimum absolute atomic E-state index is 0.162. The topological polar surface area (TPSA) is 46.2 Å². The standard InChI is InChI=1S/C13H20BrNO2S/c1-3-9-18(16,17)10-8-15-11(2)12-4-6-13(14)7-5-12/h4-7,11,15H,3,8-10H2,1-2H3. The van der Waals surface area contributed by atoms with Crippen LogP contribution in [0.2, 0.25) is 0 Å². The maximum Gasteiger partial charge on any atom is 0.151 e. The van der Waals surface area contributed by atoms with Crippen molar-refractivity contribution < 1.29 is 8.42 Å². The average molecular weight is 334 g/mol. The van der Waals surface area contributed by atoms with Gasteiger partial charge in [0.1, 0.15) is 0 Å². The smallest absolute Gasteiger partial charge is 0.151 e. The van der Waals surface area contributed by atoms with Gasteiger partial charge >= 0.3 is 0 Å². The van der Waals surface area contributed by atoms with E-state index in [0.717, 1.165) is 10.0 Å². The summed E-state index contributed by atoms with van der Waals surface area (Å²) in [6.07, 6.45) is 0.685. The van der Waals surface area contributed by atoms with Gasteiger partial charge in [-0.1, -0.05) is 35.0 Å². The minimum atomic E-state index is -2.89. The van der Waals surface area contributed by atoms with Gasteiger partial charge in [-0.15, -0.1) is 0 Å². The highest BCUT2D eigenvalue weighted by Gasteiger charge is 2.10. The molecule has 1 aromatic carbocycles. The first-order valence-corrected chi connectivity index (χ1v) is 8.75. The van der Waals surface area contributed by atoms with Crippen molar-refractivity contribution in [1.82, 2.24) is 5.32 Å². The Morgan fingerprint density at radius 2 is 1.83 bits per heavy atom. The van der Waals surface area contributed by atoms with Gasteiger partial charge in [-0.25, -0.2) is 8.42 Å². The molecule has 0 spiro atoms. The van der Waals surface area contributed by atoms with E-state index in [9.17, 15) is 8.42 Å². The number of sulfone groups is 1. The molecule has 5 heteroatoms. The van der Waals surface area contributed by atoms with Crippen LogP contribution in [0.4, 0.5) is 0 Å². The number of rotatable bonds is 7. The molecule has 1 rings (SSSR count). The molecule has 0 bridgehead atoms. The van der Waals surface area contributed by atoms with Crippen LogP contribution in [0.15, 0.2) is 28.7 Å². The Kier molecular flexibility index (Phi) is 6.32. The van der Waals surface area contributed by atoms with Crippen LogP contribution in [0.25, 0.3) is 0 Å². The van der Waals surface area contributed by atoms with Crippen LogP contribution >= 0.6 is 15.9 Å². The van der Waals surface area contributed by atoms with Crippen LogP contribution < -0.4 is 5.32 Å². The molecule has 0 aliphatic carbocycles. The van der Waals surface area contributed by atoms with Gasteiger partial charge in [-0.2, -0.15) is 0 Å². The van der Waals surface area contributed by atoms with E-state index < -0.39 is 9.84 Å². The summed E-state index contributed by atoms with van der Waals surface area (Å²) in [5.41, 5.74) is 1.16. The zero-order valence-corrected chi connectivity index (χ0v) is 13.2. The second-order valence-electron chi connectivity index (χ2n) is 4.38. The Morgan fingerprint density at radius 3 is 2.39 bits per heavy atom. The van der Waals surface area contributed by atoms with Crippen molar-refractivity contribution in [3.63, 3.8) is 0 Å². The average Bonchev–Trinajstić information content (AvgIpc) is 2.29. The molecule has 0 heterocycles. The third kappa shape index (κ3) is 5.50. The van der Waals surface area contributed by atoms with Gasteiger partial charge in [-0.05, 0) is 31.0 Å². The molecule has 0 amide bonds. The van der Waals surface area contributed by atoms with Crippen molar-refractivity contribution in [2.24, 2.45) is 0 Å². The predicted molar refractivity (Wildman–Crippen MR) is 79.5 cm³/mol. The molecule has 1 aromatic rings. The van der Waals surface area contributed by atoms with Gasteiger partial charge in [0.15, 0.2) is 9.84 Å². The number of halogens is 1. The SMILES string of the molecule is CCCS(=O)(=O)CCNC(C)c1ccc(Br)cc1. The summed E-state index contributed by atoms with van der Waals surface area (Å²) < 4.78 is 24.1. The van der Waals surface area contributed by atoms with Crippen molar-refractivity contribution in [2.45, 2.75) is 26.3 Å². The molecular weight excluding hydrogens is 314 g/mol. The molecule has 0 aromatic heterocycles. The molecule has 0 fully saturated rings. The van der Waals surface area contributed by atoms with E-state index in [1.54, 1.807) is 0 Å². The Labute approximate surface area is 118 Å². The van der Waals surface area contributed by atoms with Crippen LogP contribution in [0.1, 0.15) is 31.9 Å². The van der Waals surface area contributed by atoms with Crippen LogP contribution in [-0.4, -0.2) is 26.5 Å². The Balaban J connectivity index is 2.42. The molecule has 0 aliphatic rings. The summed E-state index contributed by atoms with van der Waals surface area (Å²) in [4.78, 5) is 0. The number of nitrogens with one attached hydrogen (secondary N) is 1. The first-order chi connectivity index (χ1) is 8.44. The fraction of sp³-hybridized carbons (Fsp3) is 0.538. The lowest BCUT2D eigenvalue weighted by molar-refractivity contribution is 0.571. The Bertz CT molecular complexity index is 456. The summed E-state index contributed by atoms with van der Waals surface area (Å²) in [6, 6.07) is 8.20. The highest BCUT2D eigenvalue weighted by molar-refractivity contribution is 9.10. The van der Waals surface area contributed by atoms with Crippen molar-refractivity contribution in [2.75, 3.05) is 18.1 Å². The van der Waals surface area contributed by atoms with Gasteiger partial charge in [0.25, 0.3) is 0 Å². The fourth-order valence-corrected chi connectivity index (χ4v) is 3.23. The lowest BCUT2D eigenvalue weighted by atomic mass is 10.1. The molecule has 1 unspecified atom stereocenters. The normalized spacial score (nSPS) is 13.5. The predicted octanol–water partition coefficient (Wildman–Crippen LogP) is 2.92. The van der Waals surface area contributed by atoms with Crippen LogP contribution in [0, 0.1) is 0 Å². The van der Waals surface area contributed by atoms with E-state index in [1.807, 2.05) is 38.1 Å². The number of hydrogen-bond donors (Lipinski definition) is 1. The third-order valence-electron chi connectivity index (χ3n) is 2.75. The van der Waals surface area contributed by atoms with Crippen molar-refractivity contribution >= 4 is 25.8 Å². The summed E-state index contributed by atoms with van der Waals surface area (Å²) in [5.74, 6) is 0.489. The van der Waals surface area contributed by atoms with E-state index in [4.69, 9.17) is 0 Å². The first-order valence-electron chi connectivity index (χ1n) is 6.14. The maximum atomic E-state index is 11.5. The van der Waals surface area contributed by atoms with Gasteiger partial charge in [0, 0.05) is 22.8 Å². The van der Waals surface area contributed by atoms with Gasteiger partial charge in [0.05, 0.1) is 5.75 Å². The number of hydrogen-bond acceptors (Lipinski definition) is 3. The highest BCUT2D eigenvalue weighted by atomic mass is 79.9. The fourth-order valence-electron chi connectivity index (χ4n) is 1.71. The quantitative estimate of drug-likeness (QED) is 0.834. The summed E-state index contributed by atoms with van der Waals surface area (Å²) in [6.45, 7) is 4.42. The maximum absolute atomic E-state index is 11.5. The first kappa shape index (κ1) is 15.7.